The molecular formula is C30H32N2O6. The number of carbonyl (C=O) groups excluding carboxylic acids is 1. The summed E-state index contributed by atoms with van der Waals surface area (Å²) < 4.78 is 27.7. The molecule has 38 heavy (non-hydrogen) atoms. The van der Waals surface area contributed by atoms with Crippen molar-refractivity contribution in [3.05, 3.63) is 77.6 Å². The van der Waals surface area contributed by atoms with E-state index in [9.17, 15) is 4.79 Å². The number of nitrogens with zero attached hydrogens (tertiary/aromatic N) is 1. The molecule has 8 heteroatoms. The van der Waals surface area contributed by atoms with Crippen LogP contribution in [0.25, 0.3) is 10.8 Å². The van der Waals surface area contributed by atoms with E-state index >= 15 is 0 Å². The van der Waals surface area contributed by atoms with Crippen molar-refractivity contribution < 1.29 is 28.5 Å². The molecule has 198 valence electrons. The summed E-state index contributed by atoms with van der Waals surface area (Å²) in [6.45, 7) is 1.95. The maximum Gasteiger partial charge on any atom is 0.262 e. The number of pyridine rings is 1. The van der Waals surface area contributed by atoms with Gasteiger partial charge in [-0.05, 0) is 59.3 Å². The summed E-state index contributed by atoms with van der Waals surface area (Å²) in [5.41, 5.74) is 3.39. The van der Waals surface area contributed by atoms with Crippen LogP contribution in [0.4, 0.5) is 5.69 Å². The second kappa shape index (κ2) is 12.2. The first-order valence-corrected chi connectivity index (χ1v) is 12.3. The summed E-state index contributed by atoms with van der Waals surface area (Å²) in [4.78, 5) is 17.5. The van der Waals surface area contributed by atoms with Crippen molar-refractivity contribution in [3.8, 4) is 28.7 Å². The Balaban J connectivity index is 1.63. The Morgan fingerprint density at radius 3 is 2.11 bits per heavy atom. The number of methoxy groups -OCH3 is 4. The molecule has 0 radical (unpaired) electrons. The van der Waals surface area contributed by atoms with Gasteiger partial charge in [0.2, 0.25) is 0 Å². The fourth-order valence-corrected chi connectivity index (χ4v) is 4.22. The van der Waals surface area contributed by atoms with Gasteiger partial charge in [0.25, 0.3) is 5.91 Å². The highest BCUT2D eigenvalue weighted by atomic mass is 16.5. The van der Waals surface area contributed by atoms with Gasteiger partial charge in [-0.25, -0.2) is 0 Å². The largest absolute Gasteiger partial charge is 0.493 e. The van der Waals surface area contributed by atoms with Crippen LogP contribution in [-0.4, -0.2) is 45.9 Å². The number of hydrogen-bond acceptors (Lipinski definition) is 7. The number of rotatable bonds is 11. The van der Waals surface area contributed by atoms with Crippen LogP contribution < -0.4 is 29.0 Å². The smallest absolute Gasteiger partial charge is 0.262 e. The average Bonchev–Trinajstić information content (AvgIpc) is 2.96. The third-order valence-electron chi connectivity index (χ3n) is 6.29. The van der Waals surface area contributed by atoms with Gasteiger partial charge in [-0.3, -0.25) is 9.78 Å². The van der Waals surface area contributed by atoms with Gasteiger partial charge < -0.3 is 29.0 Å². The Morgan fingerprint density at radius 2 is 1.45 bits per heavy atom. The van der Waals surface area contributed by atoms with Gasteiger partial charge in [-0.1, -0.05) is 19.1 Å². The van der Waals surface area contributed by atoms with Gasteiger partial charge in [0.05, 0.1) is 34.1 Å². The molecule has 1 N–H and O–H groups in total. The molecule has 0 unspecified atom stereocenters. The van der Waals surface area contributed by atoms with E-state index in [1.165, 1.54) is 5.56 Å². The van der Waals surface area contributed by atoms with Crippen molar-refractivity contribution >= 4 is 22.4 Å². The average molecular weight is 517 g/mol. The van der Waals surface area contributed by atoms with Gasteiger partial charge in [-0.15, -0.1) is 0 Å². The molecule has 0 aliphatic carbocycles. The van der Waals surface area contributed by atoms with Crippen LogP contribution in [0.1, 0.15) is 23.7 Å². The first kappa shape index (κ1) is 26.6. The molecule has 0 spiro atoms. The number of benzene rings is 3. The Kier molecular flexibility index (Phi) is 8.53. The quantitative estimate of drug-likeness (QED) is 0.284. The maximum absolute atomic E-state index is 12.9. The summed E-state index contributed by atoms with van der Waals surface area (Å²) >= 11 is 0. The molecular weight excluding hydrogens is 484 g/mol. The van der Waals surface area contributed by atoms with Crippen LogP contribution in [0, 0.1) is 0 Å². The predicted octanol–water partition coefficient (Wildman–Crippen LogP) is 5.44. The minimum absolute atomic E-state index is 0.136. The van der Waals surface area contributed by atoms with Crippen LogP contribution in [0.3, 0.4) is 0 Å². The van der Waals surface area contributed by atoms with Gasteiger partial charge in [0.15, 0.2) is 29.6 Å². The maximum atomic E-state index is 12.9. The van der Waals surface area contributed by atoms with E-state index in [0.717, 1.165) is 28.5 Å². The molecule has 3 aromatic carbocycles. The molecule has 8 nitrogen and oxygen atoms in total. The van der Waals surface area contributed by atoms with Crippen LogP contribution in [-0.2, 0) is 17.6 Å². The van der Waals surface area contributed by atoms with Gasteiger partial charge in [0.1, 0.15) is 5.75 Å². The number of aryl methyl sites for hydroxylation is 1. The topological polar surface area (TPSA) is 88.1 Å². The second-order valence-electron chi connectivity index (χ2n) is 8.56. The van der Waals surface area contributed by atoms with Gasteiger partial charge in [0, 0.05) is 29.8 Å². The molecule has 1 heterocycles. The number of carbonyl (C=O) groups is 1. The minimum atomic E-state index is -0.296. The van der Waals surface area contributed by atoms with Crippen molar-refractivity contribution in [2.75, 3.05) is 40.4 Å². The van der Waals surface area contributed by atoms with Crippen molar-refractivity contribution in [1.82, 2.24) is 4.98 Å². The Hall–Kier alpha value is -4.46. The SMILES string of the molecule is CCc1ccc(OCC(=O)Nc2cc(OC)c(OC)cc2Cc2nccc3cc(OC)c(OC)cc23)cc1. The number of fused-ring (bicyclic) bond motifs is 1. The number of aromatic nitrogens is 1. The summed E-state index contributed by atoms with van der Waals surface area (Å²) in [5.74, 6) is 2.64. The minimum Gasteiger partial charge on any atom is -0.493 e. The summed E-state index contributed by atoms with van der Waals surface area (Å²) in [5, 5.41) is 4.84. The second-order valence-corrected chi connectivity index (χ2v) is 8.56. The third kappa shape index (κ3) is 5.91. The van der Waals surface area contributed by atoms with E-state index in [1.54, 1.807) is 40.7 Å². The summed E-state index contributed by atoms with van der Waals surface area (Å²) in [7, 11) is 6.33. The predicted molar refractivity (Wildman–Crippen MR) is 147 cm³/mol. The summed E-state index contributed by atoms with van der Waals surface area (Å²) in [6, 6.07) is 17.0. The van der Waals surface area contributed by atoms with E-state index in [-0.39, 0.29) is 12.5 Å². The molecule has 0 fully saturated rings. The Bertz CT molecular complexity index is 1420. The van der Waals surface area contributed by atoms with Crippen LogP contribution in [0.5, 0.6) is 28.7 Å². The summed E-state index contributed by atoms with van der Waals surface area (Å²) in [6.07, 6.45) is 3.11. The van der Waals surface area contributed by atoms with E-state index in [4.69, 9.17) is 23.7 Å². The van der Waals surface area contributed by atoms with E-state index in [0.29, 0.717) is 40.9 Å². The van der Waals surface area contributed by atoms with Crippen LogP contribution in [0.15, 0.2) is 60.8 Å². The molecule has 0 saturated heterocycles. The molecule has 1 aromatic heterocycles. The highest BCUT2D eigenvalue weighted by Crippen LogP contribution is 2.37. The molecule has 0 aliphatic rings. The fourth-order valence-electron chi connectivity index (χ4n) is 4.22. The van der Waals surface area contributed by atoms with Crippen molar-refractivity contribution in [2.24, 2.45) is 0 Å². The number of hydrogen-bond donors (Lipinski definition) is 1. The highest BCUT2D eigenvalue weighted by molar-refractivity contribution is 5.93. The monoisotopic (exact) mass is 516 g/mol. The lowest BCUT2D eigenvalue weighted by Gasteiger charge is -2.17. The number of nitrogens with one attached hydrogen (secondary N) is 1. The zero-order chi connectivity index (χ0) is 27.1. The van der Waals surface area contributed by atoms with Crippen LogP contribution in [0.2, 0.25) is 0 Å². The van der Waals surface area contributed by atoms with Crippen LogP contribution >= 0.6 is 0 Å². The Labute approximate surface area is 222 Å². The number of amides is 1. The molecule has 0 saturated carbocycles. The third-order valence-corrected chi connectivity index (χ3v) is 6.29. The fraction of sp³-hybridized carbons (Fsp3) is 0.267. The van der Waals surface area contributed by atoms with Crippen molar-refractivity contribution in [2.45, 2.75) is 19.8 Å². The van der Waals surface area contributed by atoms with Crippen molar-refractivity contribution in [3.63, 3.8) is 0 Å². The lowest BCUT2D eigenvalue weighted by atomic mass is 10.0. The molecule has 4 aromatic rings. The molecule has 0 atom stereocenters. The standard InChI is InChI=1S/C30H32N2O6/c1-6-19-7-9-22(10-8-19)38-18-30(33)32-24-17-29(37-5)27(35-3)15-21(24)13-25-23-16-28(36-4)26(34-2)14-20(23)11-12-31-25/h7-12,14-17H,6,13,18H2,1-5H3,(H,32,33). The lowest BCUT2D eigenvalue weighted by Crippen LogP contribution is -2.21. The Morgan fingerprint density at radius 1 is 0.816 bits per heavy atom. The van der Waals surface area contributed by atoms with E-state index < -0.39 is 0 Å². The normalized spacial score (nSPS) is 10.7. The van der Waals surface area contributed by atoms with Gasteiger partial charge >= 0.3 is 0 Å². The zero-order valence-electron chi connectivity index (χ0n) is 22.3. The number of anilines is 1. The van der Waals surface area contributed by atoms with Gasteiger partial charge in [-0.2, -0.15) is 0 Å². The molecule has 1 amide bonds. The molecule has 0 aliphatic heterocycles. The number of ether oxygens (including phenoxy) is 5. The van der Waals surface area contributed by atoms with E-state index in [1.807, 2.05) is 48.5 Å². The first-order chi connectivity index (χ1) is 18.5. The highest BCUT2D eigenvalue weighted by Gasteiger charge is 2.17. The van der Waals surface area contributed by atoms with E-state index in [2.05, 4.69) is 17.2 Å². The lowest BCUT2D eigenvalue weighted by molar-refractivity contribution is -0.118. The first-order valence-electron chi connectivity index (χ1n) is 12.3. The zero-order valence-corrected chi connectivity index (χ0v) is 22.3. The molecule has 0 bridgehead atoms. The molecule has 4 rings (SSSR count). The van der Waals surface area contributed by atoms with Crippen molar-refractivity contribution in [1.29, 1.82) is 0 Å².